The summed E-state index contributed by atoms with van der Waals surface area (Å²) in [6.07, 6.45) is -2.71. The highest BCUT2D eigenvalue weighted by Crippen LogP contribution is 2.34. The van der Waals surface area contributed by atoms with Gasteiger partial charge in [0.15, 0.2) is 0 Å². The molecule has 2 aromatic rings. The topological polar surface area (TPSA) is 74.3 Å². The minimum absolute atomic E-state index is 0.0702. The van der Waals surface area contributed by atoms with Gasteiger partial charge >= 0.3 is 6.18 Å². The van der Waals surface area contributed by atoms with E-state index in [-0.39, 0.29) is 41.7 Å². The molecular formula is C21H21Cl2F3N4O2. The predicted molar refractivity (Wildman–Crippen MR) is 116 cm³/mol. The minimum atomic E-state index is -4.51. The van der Waals surface area contributed by atoms with Gasteiger partial charge in [0.05, 0.1) is 10.6 Å². The monoisotopic (exact) mass is 488 g/mol. The van der Waals surface area contributed by atoms with Crippen molar-refractivity contribution >= 4 is 40.8 Å². The third-order valence-corrected chi connectivity index (χ3v) is 5.66. The van der Waals surface area contributed by atoms with Crippen molar-refractivity contribution in [3.05, 3.63) is 57.7 Å². The molecule has 1 fully saturated rings. The van der Waals surface area contributed by atoms with E-state index in [4.69, 9.17) is 23.2 Å². The molecule has 0 saturated carbocycles. The fraction of sp³-hybridized carbons (Fsp3) is 0.381. The molecule has 32 heavy (non-hydrogen) atoms. The summed E-state index contributed by atoms with van der Waals surface area (Å²) in [6.45, 7) is 1.45. The molecule has 6 nitrogen and oxygen atoms in total. The number of halogens is 5. The van der Waals surface area contributed by atoms with Gasteiger partial charge in [0.2, 0.25) is 5.91 Å². The molecule has 3 rings (SSSR count). The molecular weight excluding hydrogens is 468 g/mol. The number of hydrogen-bond acceptors (Lipinski definition) is 4. The number of anilines is 1. The van der Waals surface area contributed by atoms with Gasteiger partial charge in [-0.25, -0.2) is 4.98 Å². The first-order valence-electron chi connectivity index (χ1n) is 9.94. The molecule has 2 heterocycles. The van der Waals surface area contributed by atoms with Crippen LogP contribution in [0.4, 0.5) is 19.0 Å². The Balaban J connectivity index is 1.42. The van der Waals surface area contributed by atoms with E-state index in [0.29, 0.717) is 36.5 Å². The van der Waals surface area contributed by atoms with Crippen molar-refractivity contribution in [2.75, 3.05) is 31.1 Å². The Morgan fingerprint density at radius 3 is 2.28 bits per heavy atom. The first-order chi connectivity index (χ1) is 15.1. The maximum atomic E-state index is 12.8. The minimum Gasteiger partial charge on any atom is -0.355 e. The summed E-state index contributed by atoms with van der Waals surface area (Å²) in [5.41, 5.74) is -0.424. The summed E-state index contributed by atoms with van der Waals surface area (Å²) in [4.78, 5) is 30.1. The third-order valence-electron chi connectivity index (χ3n) is 5.13. The average molecular weight is 489 g/mol. The standard InChI is InChI=1S/C21H21Cl2F3N4O2/c22-16-3-1-13(2-4-16)19(31)27-7-8-28-20(32)14-5-9-30(10-6-14)18-17(23)11-15(12-29-18)21(24,25)26/h1-4,11-12,14H,5-10H2,(H,27,31)(H,28,32). The van der Waals surface area contributed by atoms with Gasteiger partial charge < -0.3 is 15.5 Å². The molecule has 0 radical (unpaired) electrons. The lowest BCUT2D eigenvalue weighted by Gasteiger charge is -2.32. The van der Waals surface area contributed by atoms with Crippen LogP contribution >= 0.6 is 23.2 Å². The Hall–Kier alpha value is -2.52. The number of nitrogens with zero attached hydrogens (tertiary/aromatic N) is 2. The van der Waals surface area contributed by atoms with Crippen LogP contribution in [-0.2, 0) is 11.0 Å². The Bertz CT molecular complexity index is 963. The lowest BCUT2D eigenvalue weighted by Crippen LogP contribution is -2.43. The van der Waals surface area contributed by atoms with E-state index >= 15 is 0 Å². The van der Waals surface area contributed by atoms with Crippen LogP contribution in [0.2, 0.25) is 10.0 Å². The highest BCUT2D eigenvalue weighted by atomic mass is 35.5. The van der Waals surface area contributed by atoms with Crippen LogP contribution in [0.3, 0.4) is 0 Å². The molecule has 1 aromatic carbocycles. The molecule has 1 aliphatic heterocycles. The number of hydrogen-bond donors (Lipinski definition) is 2. The second-order valence-corrected chi connectivity index (χ2v) is 8.19. The van der Waals surface area contributed by atoms with Gasteiger partial charge in [-0.3, -0.25) is 9.59 Å². The fourth-order valence-corrected chi connectivity index (χ4v) is 3.79. The first kappa shape index (κ1) is 24.1. The highest BCUT2D eigenvalue weighted by Gasteiger charge is 2.33. The van der Waals surface area contributed by atoms with Crippen LogP contribution < -0.4 is 15.5 Å². The average Bonchev–Trinajstić information content (AvgIpc) is 2.76. The number of benzene rings is 1. The van der Waals surface area contributed by atoms with Gasteiger partial charge in [-0.1, -0.05) is 23.2 Å². The summed E-state index contributed by atoms with van der Waals surface area (Å²) in [7, 11) is 0. The summed E-state index contributed by atoms with van der Waals surface area (Å²) >= 11 is 11.8. The molecule has 0 aliphatic carbocycles. The van der Waals surface area contributed by atoms with E-state index in [0.717, 1.165) is 12.3 Å². The van der Waals surface area contributed by atoms with Crippen LogP contribution in [0.15, 0.2) is 36.5 Å². The van der Waals surface area contributed by atoms with Gasteiger partial charge in [0, 0.05) is 48.9 Å². The summed E-state index contributed by atoms with van der Waals surface area (Å²) in [5.74, 6) is -0.336. The van der Waals surface area contributed by atoms with E-state index in [1.807, 2.05) is 0 Å². The van der Waals surface area contributed by atoms with Crippen molar-refractivity contribution in [3.8, 4) is 0 Å². The molecule has 1 aromatic heterocycles. The summed E-state index contributed by atoms with van der Waals surface area (Å²) in [5, 5.41) is 5.98. The van der Waals surface area contributed by atoms with E-state index < -0.39 is 11.7 Å². The molecule has 0 atom stereocenters. The number of alkyl halides is 3. The molecule has 1 aliphatic rings. The fourth-order valence-electron chi connectivity index (χ4n) is 3.38. The molecule has 1 saturated heterocycles. The lowest BCUT2D eigenvalue weighted by molar-refractivity contribution is -0.137. The number of rotatable bonds is 6. The number of nitrogens with one attached hydrogen (secondary N) is 2. The van der Waals surface area contributed by atoms with Crippen molar-refractivity contribution in [2.45, 2.75) is 19.0 Å². The zero-order valence-corrected chi connectivity index (χ0v) is 18.4. The Kier molecular flexibility index (Phi) is 7.84. The Labute approximate surface area is 193 Å². The first-order valence-corrected chi connectivity index (χ1v) is 10.7. The van der Waals surface area contributed by atoms with Crippen LogP contribution in [-0.4, -0.2) is 43.0 Å². The van der Waals surface area contributed by atoms with Crippen molar-refractivity contribution < 1.29 is 22.8 Å². The van der Waals surface area contributed by atoms with Gasteiger partial charge in [0.1, 0.15) is 5.82 Å². The van der Waals surface area contributed by atoms with E-state index in [1.165, 1.54) is 0 Å². The maximum absolute atomic E-state index is 12.8. The van der Waals surface area contributed by atoms with Gasteiger partial charge in [-0.05, 0) is 43.2 Å². The molecule has 0 unspecified atom stereocenters. The number of aromatic nitrogens is 1. The van der Waals surface area contributed by atoms with E-state index in [1.54, 1.807) is 29.2 Å². The quantitative estimate of drug-likeness (QED) is 0.598. The zero-order valence-electron chi connectivity index (χ0n) is 16.9. The van der Waals surface area contributed by atoms with Crippen LogP contribution in [0, 0.1) is 5.92 Å². The number of carbonyl (C=O) groups is 2. The van der Waals surface area contributed by atoms with Crippen LogP contribution in [0.25, 0.3) is 0 Å². The van der Waals surface area contributed by atoms with E-state index in [2.05, 4.69) is 15.6 Å². The largest absolute Gasteiger partial charge is 0.417 e. The predicted octanol–water partition coefficient (Wildman–Crippen LogP) is 4.17. The molecule has 0 bridgehead atoms. The van der Waals surface area contributed by atoms with Crippen molar-refractivity contribution in [1.82, 2.24) is 15.6 Å². The van der Waals surface area contributed by atoms with Gasteiger partial charge in [0.25, 0.3) is 5.91 Å². The molecule has 0 spiro atoms. The van der Waals surface area contributed by atoms with Crippen molar-refractivity contribution in [1.29, 1.82) is 0 Å². The lowest BCUT2D eigenvalue weighted by atomic mass is 9.96. The summed E-state index contributed by atoms with van der Waals surface area (Å²) in [6, 6.07) is 7.33. The number of piperidine rings is 1. The van der Waals surface area contributed by atoms with E-state index in [9.17, 15) is 22.8 Å². The normalized spacial score (nSPS) is 14.8. The molecule has 2 amide bonds. The Morgan fingerprint density at radius 2 is 1.69 bits per heavy atom. The van der Waals surface area contributed by atoms with Crippen molar-refractivity contribution in [3.63, 3.8) is 0 Å². The van der Waals surface area contributed by atoms with Gasteiger partial charge in [-0.15, -0.1) is 0 Å². The number of carbonyl (C=O) groups excluding carboxylic acids is 2. The molecule has 172 valence electrons. The third kappa shape index (κ3) is 6.26. The second kappa shape index (κ2) is 10.4. The second-order valence-electron chi connectivity index (χ2n) is 7.34. The zero-order chi connectivity index (χ0) is 23.3. The van der Waals surface area contributed by atoms with Crippen molar-refractivity contribution in [2.24, 2.45) is 5.92 Å². The van der Waals surface area contributed by atoms with Crippen LogP contribution in [0.1, 0.15) is 28.8 Å². The van der Waals surface area contributed by atoms with Gasteiger partial charge in [-0.2, -0.15) is 13.2 Å². The number of amides is 2. The van der Waals surface area contributed by atoms with Crippen LogP contribution in [0.5, 0.6) is 0 Å². The highest BCUT2D eigenvalue weighted by molar-refractivity contribution is 6.33. The smallest absolute Gasteiger partial charge is 0.355 e. The maximum Gasteiger partial charge on any atom is 0.417 e. The molecule has 11 heteroatoms. The Morgan fingerprint density at radius 1 is 1.06 bits per heavy atom. The number of pyridine rings is 1. The SMILES string of the molecule is O=C(NCCNC(=O)C1CCN(c2ncc(C(F)(F)F)cc2Cl)CC1)c1ccc(Cl)cc1. The molecule has 2 N–H and O–H groups in total. The summed E-state index contributed by atoms with van der Waals surface area (Å²) < 4.78 is 38.3.